The van der Waals surface area contributed by atoms with Crippen molar-refractivity contribution in [3.05, 3.63) is 87.5 Å². The number of Topliss-reactive ketones (excluding diaryl/α,β-unsaturated/α-hetero) is 2. The highest BCUT2D eigenvalue weighted by atomic mass is 32.2. The van der Waals surface area contributed by atoms with Gasteiger partial charge in [0, 0.05) is 77.1 Å². The minimum absolute atomic E-state index is 0.00586. The zero-order valence-electron chi connectivity index (χ0n) is 31.8. The van der Waals surface area contributed by atoms with Crippen molar-refractivity contribution in [2.45, 2.75) is 81.9 Å². The molecule has 3 aromatic rings. The van der Waals surface area contributed by atoms with Crippen LogP contribution in [0.15, 0.2) is 68.3 Å². The summed E-state index contributed by atoms with van der Waals surface area (Å²) in [7, 11) is 0. The molecule has 0 unspecified atom stereocenters. The Kier molecular flexibility index (Phi) is 13.0. The third-order valence-corrected chi connectivity index (χ3v) is 11.6. The minimum atomic E-state index is -0.131. The average Bonchev–Trinajstić information content (AvgIpc) is 3.81. The molecule has 0 saturated carbocycles. The number of anilines is 1. The predicted molar refractivity (Wildman–Crippen MR) is 220 cm³/mol. The number of nitrogens with two attached hydrogens (primary N) is 1. The number of aliphatic imine (C=N–C) groups is 2. The number of nitrogen functional groups attached to an aromatic ring is 1. The first-order valence-corrected chi connectivity index (χ1v) is 20.2. The van der Waals surface area contributed by atoms with Crippen LogP contribution in [-0.2, 0) is 23.7 Å². The van der Waals surface area contributed by atoms with Crippen LogP contribution in [0.25, 0.3) is 0 Å². The Morgan fingerprint density at radius 1 is 0.731 bits per heavy atom. The molecule has 6 N–H and O–H groups in total. The summed E-state index contributed by atoms with van der Waals surface area (Å²) in [5.74, 6) is 3.24. The summed E-state index contributed by atoms with van der Waals surface area (Å²) in [6.45, 7) is 20.0. The van der Waals surface area contributed by atoms with Crippen LogP contribution >= 0.6 is 23.5 Å². The van der Waals surface area contributed by atoms with Crippen LogP contribution in [0.3, 0.4) is 0 Å². The highest BCUT2D eigenvalue weighted by molar-refractivity contribution is 7.99. The molecule has 52 heavy (non-hydrogen) atoms. The lowest BCUT2D eigenvalue weighted by atomic mass is 9.84. The smallest absolute Gasteiger partial charge is 0.191 e. The number of ketones is 2. The van der Waals surface area contributed by atoms with Gasteiger partial charge < -0.3 is 27.0 Å². The number of carbonyl (C=O) groups excluding carboxylic acids is 2. The summed E-state index contributed by atoms with van der Waals surface area (Å²) in [6.07, 6.45) is 0.451. The van der Waals surface area contributed by atoms with Crippen LogP contribution in [-0.4, -0.2) is 74.3 Å². The zero-order chi connectivity index (χ0) is 37.5. The summed E-state index contributed by atoms with van der Waals surface area (Å²) < 4.78 is 0. The van der Waals surface area contributed by atoms with E-state index in [0.717, 1.165) is 89.2 Å². The summed E-state index contributed by atoms with van der Waals surface area (Å²) in [4.78, 5) is 38.8. The van der Waals surface area contributed by atoms with E-state index in [1.807, 2.05) is 24.3 Å². The minimum Gasteiger partial charge on any atom is -0.398 e. The Morgan fingerprint density at radius 3 is 1.69 bits per heavy atom. The number of thioether (sulfide) groups is 2. The molecule has 0 amide bonds. The van der Waals surface area contributed by atoms with Crippen LogP contribution in [0.4, 0.5) is 5.69 Å². The van der Waals surface area contributed by atoms with Gasteiger partial charge in [-0.25, -0.2) is 0 Å². The van der Waals surface area contributed by atoms with E-state index in [1.165, 1.54) is 11.1 Å². The van der Waals surface area contributed by atoms with E-state index in [4.69, 9.17) is 5.73 Å². The molecule has 278 valence electrons. The lowest BCUT2D eigenvalue weighted by Crippen LogP contribution is -2.35. The van der Waals surface area contributed by atoms with Crippen molar-refractivity contribution in [2.24, 2.45) is 9.98 Å². The van der Waals surface area contributed by atoms with Gasteiger partial charge in [-0.1, -0.05) is 77.9 Å². The van der Waals surface area contributed by atoms with Crippen molar-refractivity contribution in [3.8, 4) is 0 Å². The third-order valence-electron chi connectivity index (χ3n) is 9.12. The van der Waals surface area contributed by atoms with Crippen LogP contribution in [0.2, 0.25) is 0 Å². The van der Waals surface area contributed by atoms with Crippen molar-refractivity contribution in [2.75, 3.05) is 56.5 Å². The second-order valence-corrected chi connectivity index (χ2v) is 17.7. The molecule has 0 atom stereocenters. The molecule has 9 nitrogen and oxygen atoms in total. The van der Waals surface area contributed by atoms with E-state index in [9.17, 15) is 9.59 Å². The highest BCUT2D eigenvalue weighted by Crippen LogP contribution is 2.36. The monoisotopic (exact) mass is 741 g/mol. The van der Waals surface area contributed by atoms with Crippen molar-refractivity contribution < 1.29 is 9.59 Å². The first-order chi connectivity index (χ1) is 24.7. The van der Waals surface area contributed by atoms with Crippen molar-refractivity contribution >= 4 is 52.7 Å². The van der Waals surface area contributed by atoms with Crippen LogP contribution < -0.4 is 27.0 Å². The molecule has 5 rings (SSSR count). The number of hydrogen-bond donors (Lipinski definition) is 5. The Morgan fingerprint density at radius 2 is 1.21 bits per heavy atom. The second-order valence-electron chi connectivity index (χ2n) is 15.5. The Labute approximate surface area is 318 Å². The van der Waals surface area contributed by atoms with E-state index >= 15 is 0 Å². The fraction of sp³-hybridized carbons (Fsp3) is 0.463. The van der Waals surface area contributed by atoms with Gasteiger partial charge in [0.1, 0.15) is 0 Å². The number of hydrogen-bond acceptors (Lipinski definition) is 11. The number of benzene rings is 3. The molecule has 2 aliphatic rings. The maximum atomic E-state index is 14.0. The molecule has 0 fully saturated rings. The number of carbonyl (C=O) groups is 2. The molecule has 0 saturated heterocycles. The van der Waals surface area contributed by atoms with Crippen molar-refractivity contribution in [1.29, 1.82) is 0 Å². The fourth-order valence-electron chi connectivity index (χ4n) is 6.17. The molecule has 0 aromatic heterocycles. The van der Waals surface area contributed by atoms with E-state index < -0.39 is 0 Å². The Balaban J connectivity index is 1.33. The molecular formula is C41H55N7O2S2. The second kappa shape index (κ2) is 17.2. The lowest BCUT2D eigenvalue weighted by Gasteiger charge is -2.23. The first kappa shape index (κ1) is 39.3. The number of rotatable bonds is 14. The van der Waals surface area contributed by atoms with Gasteiger partial charge >= 0.3 is 0 Å². The summed E-state index contributed by atoms with van der Waals surface area (Å²) >= 11 is 3.41. The Hall–Kier alpha value is -3.96. The highest BCUT2D eigenvalue weighted by Gasteiger charge is 2.23. The normalized spacial score (nSPS) is 14.4. The molecule has 0 aliphatic carbocycles. The topological polar surface area (TPSA) is 133 Å². The van der Waals surface area contributed by atoms with Gasteiger partial charge in [0.2, 0.25) is 0 Å². The van der Waals surface area contributed by atoms with Gasteiger partial charge in [0.25, 0.3) is 0 Å². The van der Waals surface area contributed by atoms with Gasteiger partial charge in [-0.05, 0) is 57.7 Å². The predicted octanol–water partition coefficient (Wildman–Crippen LogP) is 6.30. The van der Waals surface area contributed by atoms with E-state index in [2.05, 4.69) is 97.9 Å². The summed E-state index contributed by atoms with van der Waals surface area (Å²) in [5.41, 5.74) is 13.6. The lowest BCUT2D eigenvalue weighted by molar-refractivity contribution is 0.0991. The SMILES string of the molecule is Cc1cc(C(C)(C)C)cc(CC(=O)c2cccc(C(=O)Cc3cc(C(C)(C)C)cc(N)c3SCCNC3=NCCN3)c2)c1SCCNC1=NCCN1. The molecule has 3 aromatic carbocycles. The molecule has 2 aliphatic heterocycles. The number of guanidine groups is 2. The van der Waals surface area contributed by atoms with Crippen LogP contribution in [0.5, 0.6) is 0 Å². The van der Waals surface area contributed by atoms with Crippen LogP contribution in [0.1, 0.15) is 90.1 Å². The molecule has 11 heteroatoms. The van der Waals surface area contributed by atoms with Gasteiger partial charge in [-0.15, -0.1) is 23.5 Å². The molecule has 0 bridgehead atoms. The van der Waals surface area contributed by atoms with E-state index in [1.54, 1.807) is 29.6 Å². The molecular weight excluding hydrogens is 687 g/mol. The third kappa shape index (κ3) is 10.6. The quantitative estimate of drug-likeness (QED) is 0.0559. The summed E-state index contributed by atoms with van der Waals surface area (Å²) in [6, 6.07) is 15.8. The molecule has 2 heterocycles. The summed E-state index contributed by atoms with van der Waals surface area (Å²) in [5, 5.41) is 13.2. The van der Waals surface area contributed by atoms with Crippen molar-refractivity contribution in [3.63, 3.8) is 0 Å². The number of aryl methyl sites for hydroxylation is 1. The first-order valence-electron chi connectivity index (χ1n) is 18.2. The Bertz CT molecular complexity index is 1710. The maximum Gasteiger partial charge on any atom is 0.191 e. The number of nitrogens with zero attached hydrogens (tertiary/aromatic N) is 2. The van der Waals surface area contributed by atoms with Gasteiger partial charge in [0.15, 0.2) is 23.5 Å². The fourth-order valence-corrected chi connectivity index (χ4v) is 8.13. The standard InChI is InChI=1S/C41H55N7O2S2/c1-26-19-31(40(2,3)4)21-29(36(26)51-17-15-47-38-43-11-12-44-38)23-34(49)27-9-8-10-28(20-27)35(50)24-30-22-32(41(5,6)7)25-33(42)37(30)52-18-16-48-39-45-13-14-46-39/h8-10,19-22,25H,11-18,23-24,42H2,1-7H3,(H2,43,44,47)(H2,45,46,48). The number of nitrogens with one attached hydrogen (secondary N) is 4. The van der Waals surface area contributed by atoms with Gasteiger partial charge in [-0.2, -0.15) is 0 Å². The largest absolute Gasteiger partial charge is 0.398 e. The zero-order valence-corrected chi connectivity index (χ0v) is 33.4. The van der Waals surface area contributed by atoms with Crippen molar-refractivity contribution in [1.82, 2.24) is 21.3 Å². The maximum absolute atomic E-state index is 14.0. The molecule has 0 radical (unpaired) electrons. The average molecular weight is 742 g/mol. The van der Waals surface area contributed by atoms with E-state index in [-0.39, 0.29) is 35.2 Å². The molecule has 0 spiro atoms. The van der Waals surface area contributed by atoms with Crippen LogP contribution in [0, 0.1) is 6.92 Å². The van der Waals surface area contributed by atoms with E-state index in [0.29, 0.717) is 16.8 Å². The van der Waals surface area contributed by atoms with Gasteiger partial charge in [0.05, 0.1) is 13.1 Å². The van der Waals surface area contributed by atoms with Gasteiger partial charge in [-0.3, -0.25) is 19.6 Å².